The molecule has 3 aromatic heterocycles. The van der Waals surface area contributed by atoms with Crippen LogP contribution in [0.15, 0.2) is 191 Å². The quantitative estimate of drug-likeness (QED) is 0.184. The highest BCUT2D eigenvalue weighted by Gasteiger charge is 2.27. The number of hydrogen-bond acceptors (Lipinski definition) is 5. The molecule has 1 aliphatic rings. The molecule has 0 spiro atoms. The zero-order chi connectivity index (χ0) is 37.5. The van der Waals surface area contributed by atoms with Crippen molar-refractivity contribution in [2.24, 2.45) is 4.99 Å². The predicted octanol–water partition coefficient (Wildman–Crippen LogP) is 13.1. The lowest BCUT2D eigenvalue weighted by atomic mass is 9.98. The molecule has 57 heavy (non-hydrogen) atoms. The molecule has 270 valence electrons. The van der Waals surface area contributed by atoms with Gasteiger partial charge in [0.1, 0.15) is 29.3 Å². The van der Waals surface area contributed by atoms with Gasteiger partial charge in [-0.3, -0.25) is 5.32 Å². The van der Waals surface area contributed by atoms with E-state index in [0.29, 0.717) is 0 Å². The van der Waals surface area contributed by atoms with Crippen molar-refractivity contribution in [3.63, 3.8) is 0 Å². The molecule has 2 atom stereocenters. The van der Waals surface area contributed by atoms with Crippen LogP contribution in [0.5, 0.6) is 0 Å². The normalized spacial score (nSPS) is 15.9. The third-order valence-electron chi connectivity index (χ3n) is 11.5. The summed E-state index contributed by atoms with van der Waals surface area (Å²) in [6.07, 6.45) is -0.360. The average Bonchev–Trinajstić information content (AvgIpc) is 3.95. The van der Waals surface area contributed by atoms with Crippen molar-refractivity contribution in [3.8, 4) is 16.8 Å². The highest BCUT2D eigenvalue weighted by molar-refractivity contribution is 7.25. The van der Waals surface area contributed by atoms with Crippen molar-refractivity contribution >= 4 is 81.1 Å². The van der Waals surface area contributed by atoms with Crippen molar-refractivity contribution in [2.45, 2.75) is 12.3 Å². The molecule has 0 saturated carbocycles. The van der Waals surface area contributed by atoms with Gasteiger partial charge in [0.05, 0.1) is 11.0 Å². The molecule has 5 nitrogen and oxygen atoms in total. The van der Waals surface area contributed by atoms with Crippen molar-refractivity contribution in [1.29, 1.82) is 0 Å². The fourth-order valence-corrected chi connectivity index (χ4v) is 9.95. The Morgan fingerprint density at radius 1 is 0.509 bits per heavy atom. The van der Waals surface area contributed by atoms with E-state index in [1.165, 1.54) is 53.1 Å². The number of nitrogens with one attached hydrogen (secondary N) is 2. The summed E-state index contributed by atoms with van der Waals surface area (Å²) in [6, 6.07) is 65.0. The van der Waals surface area contributed by atoms with Gasteiger partial charge < -0.3 is 14.3 Å². The molecule has 0 bridgehead atoms. The van der Waals surface area contributed by atoms with E-state index in [1.54, 1.807) is 0 Å². The Morgan fingerprint density at radius 2 is 1.16 bits per heavy atom. The molecule has 2 N–H and O–H groups in total. The first kappa shape index (κ1) is 32.3. The summed E-state index contributed by atoms with van der Waals surface area (Å²) >= 11 is 1.84. The van der Waals surface area contributed by atoms with Crippen molar-refractivity contribution in [1.82, 2.24) is 15.2 Å². The van der Waals surface area contributed by atoms with E-state index < -0.39 is 0 Å². The van der Waals surface area contributed by atoms with E-state index >= 15 is 0 Å². The van der Waals surface area contributed by atoms with Crippen LogP contribution in [0, 0.1) is 0 Å². The second-order valence-electron chi connectivity index (χ2n) is 14.8. The molecule has 0 aliphatic carbocycles. The molecular formula is C51H34N4OS. The number of furan rings is 1. The first-order valence-electron chi connectivity index (χ1n) is 19.3. The van der Waals surface area contributed by atoms with Crippen molar-refractivity contribution in [2.75, 3.05) is 0 Å². The van der Waals surface area contributed by atoms with Gasteiger partial charge in [-0.2, -0.15) is 0 Å². The number of nitrogens with zero attached hydrogens (tertiary/aromatic N) is 2. The Hall–Kier alpha value is -6.99. The number of benzene rings is 8. The summed E-state index contributed by atoms with van der Waals surface area (Å²) in [5.41, 5.74) is 11.0. The van der Waals surface area contributed by atoms with Gasteiger partial charge in [0, 0.05) is 53.0 Å². The number of rotatable bonds is 5. The van der Waals surface area contributed by atoms with Crippen LogP contribution in [0.25, 0.3) is 80.7 Å². The van der Waals surface area contributed by atoms with Crippen LogP contribution in [0.2, 0.25) is 0 Å². The molecule has 11 aromatic rings. The van der Waals surface area contributed by atoms with Crippen LogP contribution in [-0.2, 0) is 0 Å². The van der Waals surface area contributed by atoms with E-state index in [-0.39, 0.29) is 12.3 Å². The monoisotopic (exact) mass is 750 g/mol. The topological polar surface area (TPSA) is 54.5 Å². The van der Waals surface area contributed by atoms with E-state index in [1.807, 2.05) is 17.4 Å². The average molecular weight is 751 g/mol. The van der Waals surface area contributed by atoms with Crippen LogP contribution in [0.1, 0.15) is 29.0 Å². The Bertz CT molecular complexity index is 3320. The number of thiophene rings is 1. The minimum Gasteiger partial charge on any atom is -0.456 e. The van der Waals surface area contributed by atoms with Gasteiger partial charge in [-0.1, -0.05) is 121 Å². The van der Waals surface area contributed by atoms with Crippen LogP contribution < -0.4 is 10.6 Å². The smallest absolute Gasteiger partial charge is 0.135 e. The second kappa shape index (κ2) is 12.8. The standard InChI is InChI=1S/C51H34N4OS/c1-3-12-31(13-4-1)49-52-50(32-14-5-2-6-15-32)54-51(53-49)38-18-11-21-47-48(38)41-29-34(23-27-46(41)57-47)33-22-25-44-39(28-33)40-30-35(24-26-45(40)56-44)55-42-19-9-7-16-36(42)37-17-8-10-20-43(37)55/h1-30,49,51,53H,(H,52,54). The van der Waals surface area contributed by atoms with Gasteiger partial charge in [-0.05, 0) is 82.9 Å². The van der Waals surface area contributed by atoms with Gasteiger partial charge >= 0.3 is 0 Å². The third-order valence-corrected chi connectivity index (χ3v) is 12.6. The molecule has 2 unspecified atom stereocenters. The van der Waals surface area contributed by atoms with Crippen molar-refractivity contribution < 1.29 is 4.42 Å². The Labute approximate surface area is 332 Å². The maximum Gasteiger partial charge on any atom is 0.135 e. The number of hydrogen-bond donors (Lipinski definition) is 2. The van der Waals surface area contributed by atoms with E-state index in [9.17, 15) is 0 Å². The highest BCUT2D eigenvalue weighted by atomic mass is 32.1. The largest absolute Gasteiger partial charge is 0.456 e. The SMILES string of the molecule is c1ccc(C2=NC(c3ccccc3)NC(c3cccc4sc5ccc(-c6ccc7oc8ccc(-n9c%10ccccc%10c%10ccccc%109)cc8c7c6)cc5c34)N2)cc1. The molecule has 0 fully saturated rings. The molecular weight excluding hydrogens is 717 g/mol. The highest BCUT2D eigenvalue weighted by Crippen LogP contribution is 2.42. The molecule has 4 heterocycles. The summed E-state index contributed by atoms with van der Waals surface area (Å²) in [5, 5.41) is 14.8. The van der Waals surface area contributed by atoms with Crippen LogP contribution in [-0.4, -0.2) is 10.4 Å². The number of para-hydroxylation sites is 2. The van der Waals surface area contributed by atoms with E-state index in [2.05, 4.69) is 191 Å². The Kier molecular flexibility index (Phi) is 7.24. The summed E-state index contributed by atoms with van der Waals surface area (Å²) in [4.78, 5) is 5.16. The Balaban J connectivity index is 0.975. The third kappa shape index (κ3) is 5.22. The lowest BCUT2D eigenvalue weighted by Gasteiger charge is -2.32. The first-order valence-corrected chi connectivity index (χ1v) is 20.2. The molecule has 6 heteroatoms. The molecule has 0 saturated heterocycles. The molecule has 1 aliphatic heterocycles. The molecule has 12 rings (SSSR count). The van der Waals surface area contributed by atoms with Crippen LogP contribution in [0.4, 0.5) is 0 Å². The van der Waals surface area contributed by atoms with E-state index in [0.717, 1.165) is 50.2 Å². The van der Waals surface area contributed by atoms with Gasteiger partial charge in [0.2, 0.25) is 0 Å². The van der Waals surface area contributed by atoms with E-state index in [4.69, 9.17) is 9.41 Å². The number of fused-ring (bicyclic) bond motifs is 9. The number of amidine groups is 1. The number of aliphatic imine (C=N–C) groups is 1. The first-order chi connectivity index (χ1) is 28.2. The van der Waals surface area contributed by atoms with Gasteiger partial charge in [0.25, 0.3) is 0 Å². The maximum absolute atomic E-state index is 6.44. The zero-order valence-corrected chi connectivity index (χ0v) is 31.5. The molecule has 0 amide bonds. The van der Waals surface area contributed by atoms with Gasteiger partial charge in [-0.25, -0.2) is 4.99 Å². The van der Waals surface area contributed by atoms with Crippen molar-refractivity contribution in [3.05, 3.63) is 199 Å². The lowest BCUT2D eigenvalue weighted by molar-refractivity contribution is 0.411. The number of aromatic nitrogens is 1. The maximum atomic E-state index is 6.44. The zero-order valence-electron chi connectivity index (χ0n) is 30.7. The summed E-state index contributed by atoms with van der Waals surface area (Å²) < 4.78 is 11.3. The van der Waals surface area contributed by atoms with Gasteiger partial charge in [0.15, 0.2) is 0 Å². The fourth-order valence-electron chi connectivity index (χ4n) is 8.83. The van der Waals surface area contributed by atoms with Crippen LogP contribution >= 0.6 is 11.3 Å². The fraction of sp³-hybridized carbons (Fsp3) is 0.0392. The van der Waals surface area contributed by atoms with Gasteiger partial charge in [-0.15, -0.1) is 11.3 Å². The minimum atomic E-state index is -0.199. The minimum absolute atomic E-state index is 0.162. The summed E-state index contributed by atoms with van der Waals surface area (Å²) in [6.45, 7) is 0. The summed E-state index contributed by atoms with van der Waals surface area (Å²) in [5.74, 6) is 0.882. The molecule has 8 aromatic carbocycles. The second-order valence-corrected chi connectivity index (χ2v) is 15.9. The Morgan fingerprint density at radius 3 is 1.93 bits per heavy atom. The molecule has 0 radical (unpaired) electrons. The van der Waals surface area contributed by atoms with Crippen LogP contribution in [0.3, 0.4) is 0 Å². The predicted molar refractivity (Wildman–Crippen MR) is 238 cm³/mol. The lowest BCUT2D eigenvalue weighted by Crippen LogP contribution is -2.45. The summed E-state index contributed by atoms with van der Waals surface area (Å²) in [7, 11) is 0.